The fraction of sp³-hybridized carbons (Fsp3) is 0.0323. The van der Waals surface area contributed by atoms with E-state index in [-0.39, 0.29) is 17.2 Å². The van der Waals surface area contributed by atoms with Crippen molar-refractivity contribution in [3.8, 4) is 16.9 Å². The minimum absolute atomic E-state index is 0.106. The third-order valence-electron chi connectivity index (χ3n) is 6.86. The van der Waals surface area contributed by atoms with Crippen molar-refractivity contribution in [3.63, 3.8) is 0 Å². The number of phenols is 1. The van der Waals surface area contributed by atoms with Gasteiger partial charge in [0.05, 0.1) is 16.8 Å². The van der Waals surface area contributed by atoms with Crippen molar-refractivity contribution < 1.29 is 19.8 Å². The number of hydrogen-bond donors (Lipinski definition) is 3. The molecule has 6 heteroatoms. The van der Waals surface area contributed by atoms with E-state index in [0.717, 1.165) is 22.5 Å². The summed E-state index contributed by atoms with van der Waals surface area (Å²) < 4.78 is 0. The number of fused-ring (bicyclic) bond motifs is 2. The number of para-hydroxylation sites is 1. The van der Waals surface area contributed by atoms with Crippen LogP contribution in [0.15, 0.2) is 90.6 Å². The van der Waals surface area contributed by atoms with Gasteiger partial charge in [0.2, 0.25) is 0 Å². The molecule has 2 aliphatic rings. The molecule has 0 saturated carbocycles. The van der Waals surface area contributed by atoms with Gasteiger partial charge in [0.1, 0.15) is 5.75 Å². The number of amides is 1. The van der Waals surface area contributed by atoms with Gasteiger partial charge in [-0.2, -0.15) is 0 Å². The fourth-order valence-electron chi connectivity index (χ4n) is 5.04. The highest BCUT2D eigenvalue weighted by atomic mass is 16.4. The number of carboxylic acid groups (broad SMARTS) is 1. The summed E-state index contributed by atoms with van der Waals surface area (Å²) in [5, 5.41) is 20.6. The van der Waals surface area contributed by atoms with Crippen LogP contribution in [0.25, 0.3) is 28.9 Å². The van der Waals surface area contributed by atoms with E-state index in [1.54, 1.807) is 35.2 Å². The minimum Gasteiger partial charge on any atom is -0.507 e. The average Bonchev–Trinajstić information content (AvgIpc) is 3.44. The number of carboxylic acids is 1. The van der Waals surface area contributed by atoms with Crippen LogP contribution in [0.3, 0.4) is 0 Å². The maximum atomic E-state index is 13.8. The predicted octanol–water partition coefficient (Wildman–Crippen LogP) is 5.82. The SMILES string of the molecule is Nc1ccc(-c2cccc(C(=O)O)c2)c(O)c1/C=C1\C(=O)N(C2=Cc3ccccc3C2)c2ccccc21. The van der Waals surface area contributed by atoms with E-state index in [9.17, 15) is 19.8 Å². The van der Waals surface area contributed by atoms with Crippen molar-refractivity contribution >= 4 is 41.0 Å². The number of allylic oxidation sites excluding steroid dienone is 1. The van der Waals surface area contributed by atoms with Crippen LogP contribution < -0.4 is 10.6 Å². The maximum Gasteiger partial charge on any atom is 0.335 e. The van der Waals surface area contributed by atoms with Crippen molar-refractivity contribution in [2.75, 3.05) is 10.6 Å². The molecule has 180 valence electrons. The Labute approximate surface area is 213 Å². The molecule has 1 aliphatic heterocycles. The molecule has 37 heavy (non-hydrogen) atoms. The highest BCUT2D eigenvalue weighted by Crippen LogP contribution is 2.44. The summed E-state index contributed by atoms with van der Waals surface area (Å²) in [6, 6.07) is 25.2. The van der Waals surface area contributed by atoms with E-state index < -0.39 is 5.97 Å². The van der Waals surface area contributed by atoms with Gasteiger partial charge in [-0.05, 0) is 59.2 Å². The summed E-state index contributed by atoms with van der Waals surface area (Å²) in [6.07, 6.45) is 4.31. The molecule has 6 nitrogen and oxygen atoms in total. The Bertz CT molecular complexity index is 1680. The summed E-state index contributed by atoms with van der Waals surface area (Å²) in [5.41, 5.74) is 13.0. The number of nitrogens with zero attached hydrogens (tertiary/aromatic N) is 1. The second kappa shape index (κ2) is 8.53. The first kappa shape index (κ1) is 22.4. The quantitative estimate of drug-likeness (QED) is 0.249. The molecule has 1 heterocycles. The Morgan fingerprint density at radius 3 is 2.51 bits per heavy atom. The average molecular weight is 487 g/mol. The van der Waals surface area contributed by atoms with Crippen LogP contribution in [0.1, 0.15) is 32.6 Å². The molecule has 4 aromatic rings. The van der Waals surface area contributed by atoms with Gasteiger partial charge in [-0.15, -0.1) is 0 Å². The Morgan fingerprint density at radius 1 is 0.919 bits per heavy atom. The Morgan fingerprint density at radius 2 is 1.70 bits per heavy atom. The molecule has 0 aromatic heterocycles. The second-order valence-electron chi connectivity index (χ2n) is 9.08. The summed E-state index contributed by atoms with van der Waals surface area (Å²) in [5.74, 6) is -1.38. The predicted molar refractivity (Wildman–Crippen MR) is 145 cm³/mol. The van der Waals surface area contributed by atoms with Gasteiger partial charge < -0.3 is 15.9 Å². The highest BCUT2D eigenvalue weighted by Gasteiger charge is 2.36. The van der Waals surface area contributed by atoms with E-state index in [1.807, 2.05) is 48.5 Å². The number of hydrogen-bond acceptors (Lipinski definition) is 4. The van der Waals surface area contributed by atoms with Crippen molar-refractivity contribution in [3.05, 3.63) is 118 Å². The van der Waals surface area contributed by atoms with E-state index in [1.165, 1.54) is 17.7 Å². The van der Waals surface area contributed by atoms with E-state index in [4.69, 9.17) is 5.73 Å². The maximum absolute atomic E-state index is 13.8. The van der Waals surface area contributed by atoms with Gasteiger partial charge in [0.25, 0.3) is 5.91 Å². The molecular formula is C31H22N2O4. The number of phenolic OH excluding ortho intramolecular Hbond substituents is 1. The number of benzene rings is 4. The molecule has 0 fully saturated rings. The van der Waals surface area contributed by atoms with Gasteiger partial charge in [0, 0.05) is 34.5 Å². The Hall–Kier alpha value is -5.10. The lowest BCUT2D eigenvalue weighted by atomic mass is 9.96. The number of carbonyl (C=O) groups is 2. The third-order valence-corrected chi connectivity index (χ3v) is 6.86. The van der Waals surface area contributed by atoms with Crippen molar-refractivity contribution in [1.29, 1.82) is 0 Å². The molecule has 0 saturated heterocycles. The van der Waals surface area contributed by atoms with Crippen LogP contribution in [0.4, 0.5) is 11.4 Å². The lowest BCUT2D eigenvalue weighted by Gasteiger charge is -2.18. The Balaban J connectivity index is 1.46. The van der Waals surface area contributed by atoms with E-state index in [2.05, 4.69) is 6.07 Å². The molecule has 4 N–H and O–H groups in total. The molecule has 0 bridgehead atoms. The van der Waals surface area contributed by atoms with Gasteiger partial charge in [0.15, 0.2) is 0 Å². The third kappa shape index (κ3) is 3.67. The summed E-state index contributed by atoms with van der Waals surface area (Å²) in [6.45, 7) is 0. The standard InChI is InChI=1S/C31H22N2O4/c32-27-13-12-23(20-8-5-9-21(14-20)31(36)37)29(34)26(27)17-25-24-10-3-4-11-28(24)33(30(25)35)22-15-18-6-1-2-7-19(18)16-22/h1-15,17,34H,16,32H2,(H,36,37)/b25-17-. The second-order valence-corrected chi connectivity index (χ2v) is 9.08. The normalized spacial score (nSPS) is 15.0. The monoisotopic (exact) mass is 486 g/mol. The highest BCUT2D eigenvalue weighted by molar-refractivity contribution is 6.37. The number of nitrogen functional groups attached to an aromatic ring is 1. The number of carbonyl (C=O) groups excluding carboxylic acids is 1. The molecular weight excluding hydrogens is 464 g/mol. The van der Waals surface area contributed by atoms with Gasteiger partial charge >= 0.3 is 5.97 Å². The molecule has 1 aliphatic carbocycles. The zero-order valence-electron chi connectivity index (χ0n) is 19.7. The molecule has 0 spiro atoms. The van der Waals surface area contributed by atoms with Crippen molar-refractivity contribution in [1.82, 2.24) is 0 Å². The fourth-order valence-corrected chi connectivity index (χ4v) is 5.04. The molecule has 6 rings (SSSR count). The zero-order chi connectivity index (χ0) is 25.7. The van der Waals surface area contributed by atoms with Crippen molar-refractivity contribution in [2.45, 2.75) is 6.42 Å². The van der Waals surface area contributed by atoms with E-state index in [0.29, 0.717) is 34.4 Å². The van der Waals surface area contributed by atoms with Crippen LogP contribution >= 0.6 is 0 Å². The van der Waals surface area contributed by atoms with Crippen LogP contribution in [-0.2, 0) is 11.2 Å². The summed E-state index contributed by atoms with van der Waals surface area (Å²) in [7, 11) is 0. The number of nitrogens with two attached hydrogens (primary N) is 1. The smallest absolute Gasteiger partial charge is 0.335 e. The molecule has 4 aromatic carbocycles. The number of anilines is 2. The molecule has 1 amide bonds. The largest absolute Gasteiger partial charge is 0.507 e. The number of aromatic hydroxyl groups is 1. The molecule has 0 radical (unpaired) electrons. The number of rotatable bonds is 4. The van der Waals surface area contributed by atoms with Gasteiger partial charge in [-0.1, -0.05) is 54.6 Å². The topological polar surface area (TPSA) is 104 Å². The van der Waals surface area contributed by atoms with Crippen molar-refractivity contribution in [2.24, 2.45) is 0 Å². The first-order valence-corrected chi connectivity index (χ1v) is 11.8. The molecule has 0 atom stereocenters. The van der Waals surface area contributed by atoms with Gasteiger partial charge in [-0.3, -0.25) is 9.69 Å². The first-order valence-electron chi connectivity index (χ1n) is 11.8. The Kier molecular flexibility index (Phi) is 5.16. The van der Waals surface area contributed by atoms with Gasteiger partial charge in [-0.25, -0.2) is 4.79 Å². The molecule has 0 unspecified atom stereocenters. The van der Waals surface area contributed by atoms with E-state index >= 15 is 0 Å². The van der Waals surface area contributed by atoms with Crippen LogP contribution in [0, 0.1) is 0 Å². The van der Waals surface area contributed by atoms with Crippen LogP contribution in [0.5, 0.6) is 5.75 Å². The lowest BCUT2D eigenvalue weighted by Crippen LogP contribution is -2.25. The minimum atomic E-state index is -1.06. The first-order chi connectivity index (χ1) is 17.9. The van der Waals surface area contributed by atoms with Crippen LogP contribution in [0.2, 0.25) is 0 Å². The summed E-state index contributed by atoms with van der Waals surface area (Å²) >= 11 is 0. The lowest BCUT2D eigenvalue weighted by molar-refractivity contribution is -0.112. The zero-order valence-corrected chi connectivity index (χ0v) is 19.7. The summed E-state index contributed by atoms with van der Waals surface area (Å²) in [4.78, 5) is 27.0. The number of aromatic carboxylic acids is 1. The van der Waals surface area contributed by atoms with Crippen LogP contribution in [-0.4, -0.2) is 22.1 Å².